The average molecular weight is 221 g/mol. The molecule has 0 atom stereocenters. The van der Waals surface area contributed by atoms with E-state index in [2.05, 4.69) is 15.2 Å². The van der Waals surface area contributed by atoms with Gasteiger partial charge in [0.2, 0.25) is 0 Å². The molecule has 88 valence electrons. The van der Waals surface area contributed by atoms with Crippen LogP contribution in [0.15, 0.2) is 18.5 Å². The van der Waals surface area contributed by atoms with Crippen LogP contribution in [0.5, 0.6) is 5.75 Å². The minimum absolute atomic E-state index is 0.901. The Morgan fingerprint density at radius 1 is 1.44 bits per heavy atom. The summed E-state index contributed by atoms with van der Waals surface area (Å²) in [4.78, 5) is 6.54. The molecule has 1 N–H and O–H groups in total. The lowest BCUT2D eigenvalue weighted by atomic mass is 10.1. The Morgan fingerprint density at radius 3 is 3.00 bits per heavy atom. The van der Waals surface area contributed by atoms with Gasteiger partial charge in [0, 0.05) is 38.9 Å². The van der Waals surface area contributed by atoms with Gasteiger partial charge in [-0.3, -0.25) is 4.98 Å². The molecular weight excluding hydrogens is 202 g/mol. The van der Waals surface area contributed by atoms with Crippen molar-refractivity contribution in [3.05, 3.63) is 24.0 Å². The Balaban J connectivity index is 1.88. The van der Waals surface area contributed by atoms with Gasteiger partial charge in [0.1, 0.15) is 5.75 Å². The predicted octanol–water partition coefficient (Wildman–Crippen LogP) is 0.538. The fourth-order valence-electron chi connectivity index (χ4n) is 2.01. The fourth-order valence-corrected chi connectivity index (χ4v) is 2.01. The van der Waals surface area contributed by atoms with Gasteiger partial charge < -0.3 is 15.0 Å². The van der Waals surface area contributed by atoms with E-state index < -0.39 is 0 Å². The molecule has 0 saturated carbocycles. The quantitative estimate of drug-likeness (QED) is 0.805. The minimum atomic E-state index is 0.901. The summed E-state index contributed by atoms with van der Waals surface area (Å²) in [5, 5.41) is 3.36. The van der Waals surface area contributed by atoms with Crippen LogP contribution >= 0.6 is 0 Å². The van der Waals surface area contributed by atoms with E-state index in [1.54, 1.807) is 13.3 Å². The molecule has 1 aromatic rings. The number of hydrogen-bond donors (Lipinski definition) is 1. The molecule has 0 amide bonds. The molecule has 1 saturated heterocycles. The maximum atomic E-state index is 5.29. The van der Waals surface area contributed by atoms with Gasteiger partial charge in [0.05, 0.1) is 13.3 Å². The molecule has 0 aromatic carbocycles. The molecule has 0 radical (unpaired) electrons. The van der Waals surface area contributed by atoms with Crippen molar-refractivity contribution in [2.24, 2.45) is 0 Å². The lowest BCUT2D eigenvalue weighted by molar-refractivity contribution is 0.243. The summed E-state index contributed by atoms with van der Waals surface area (Å²) in [6.07, 6.45) is 4.65. The zero-order valence-electron chi connectivity index (χ0n) is 9.78. The second kappa shape index (κ2) is 5.82. The van der Waals surface area contributed by atoms with E-state index in [0.29, 0.717) is 0 Å². The van der Waals surface area contributed by atoms with Gasteiger partial charge in [-0.25, -0.2) is 0 Å². The van der Waals surface area contributed by atoms with Crippen LogP contribution in [0.3, 0.4) is 0 Å². The highest BCUT2D eigenvalue weighted by molar-refractivity contribution is 5.29. The van der Waals surface area contributed by atoms with Gasteiger partial charge in [-0.15, -0.1) is 0 Å². The van der Waals surface area contributed by atoms with E-state index in [4.69, 9.17) is 4.74 Å². The highest BCUT2D eigenvalue weighted by Gasteiger charge is 2.10. The zero-order valence-corrected chi connectivity index (χ0v) is 9.78. The predicted molar refractivity (Wildman–Crippen MR) is 63.8 cm³/mol. The Kier molecular flexibility index (Phi) is 4.13. The fraction of sp³-hybridized carbons (Fsp3) is 0.583. The van der Waals surface area contributed by atoms with E-state index in [0.717, 1.165) is 44.9 Å². The Bertz CT molecular complexity index is 324. The second-order valence-electron chi connectivity index (χ2n) is 4.03. The maximum absolute atomic E-state index is 5.29. The first-order valence-corrected chi connectivity index (χ1v) is 5.80. The summed E-state index contributed by atoms with van der Waals surface area (Å²) in [5.74, 6) is 0.901. The number of nitrogens with zero attached hydrogens (tertiary/aromatic N) is 2. The third-order valence-electron chi connectivity index (χ3n) is 3.00. The van der Waals surface area contributed by atoms with Crippen LogP contribution in [-0.2, 0) is 6.42 Å². The molecule has 0 aliphatic carbocycles. The van der Waals surface area contributed by atoms with Crippen LogP contribution in [0.25, 0.3) is 0 Å². The Labute approximate surface area is 96.6 Å². The number of hydrogen-bond acceptors (Lipinski definition) is 4. The maximum Gasteiger partial charge on any atom is 0.140 e. The number of methoxy groups -OCH3 is 1. The summed E-state index contributed by atoms with van der Waals surface area (Å²) in [6, 6.07) is 2.04. The molecule has 1 fully saturated rings. The second-order valence-corrected chi connectivity index (χ2v) is 4.03. The van der Waals surface area contributed by atoms with Crippen molar-refractivity contribution in [3.63, 3.8) is 0 Å². The number of pyridine rings is 1. The molecule has 4 heteroatoms. The highest BCUT2D eigenvalue weighted by Crippen LogP contribution is 2.16. The molecule has 2 heterocycles. The number of piperazine rings is 1. The van der Waals surface area contributed by atoms with Crippen molar-refractivity contribution in [1.29, 1.82) is 0 Å². The molecule has 0 unspecified atom stereocenters. The van der Waals surface area contributed by atoms with Gasteiger partial charge in [-0.2, -0.15) is 0 Å². The molecule has 16 heavy (non-hydrogen) atoms. The van der Waals surface area contributed by atoms with Gasteiger partial charge in [0.25, 0.3) is 0 Å². The lowest BCUT2D eigenvalue weighted by Gasteiger charge is -2.27. The number of ether oxygens (including phenoxy) is 1. The largest absolute Gasteiger partial charge is 0.495 e. The molecule has 2 rings (SSSR count). The Morgan fingerprint density at radius 2 is 2.25 bits per heavy atom. The number of aromatic nitrogens is 1. The van der Waals surface area contributed by atoms with E-state index in [-0.39, 0.29) is 0 Å². The molecular formula is C12H19N3O. The summed E-state index contributed by atoms with van der Waals surface area (Å²) in [6.45, 7) is 5.60. The van der Waals surface area contributed by atoms with E-state index in [9.17, 15) is 0 Å². The van der Waals surface area contributed by atoms with Crippen molar-refractivity contribution in [2.75, 3.05) is 39.8 Å². The topological polar surface area (TPSA) is 37.4 Å². The van der Waals surface area contributed by atoms with Crippen molar-refractivity contribution >= 4 is 0 Å². The number of rotatable bonds is 4. The third-order valence-corrected chi connectivity index (χ3v) is 3.00. The van der Waals surface area contributed by atoms with Crippen LogP contribution in [-0.4, -0.2) is 49.7 Å². The van der Waals surface area contributed by atoms with E-state index in [1.165, 1.54) is 5.56 Å². The van der Waals surface area contributed by atoms with E-state index in [1.807, 2.05) is 12.3 Å². The average Bonchev–Trinajstić information content (AvgIpc) is 2.38. The monoisotopic (exact) mass is 221 g/mol. The first kappa shape index (κ1) is 11.4. The third kappa shape index (κ3) is 2.93. The van der Waals surface area contributed by atoms with Crippen molar-refractivity contribution in [1.82, 2.24) is 15.2 Å². The van der Waals surface area contributed by atoms with Gasteiger partial charge >= 0.3 is 0 Å². The van der Waals surface area contributed by atoms with Crippen LogP contribution in [0.4, 0.5) is 0 Å². The first-order chi connectivity index (χ1) is 7.90. The zero-order chi connectivity index (χ0) is 11.2. The van der Waals surface area contributed by atoms with E-state index >= 15 is 0 Å². The summed E-state index contributed by atoms with van der Waals surface area (Å²) < 4.78 is 5.29. The normalized spacial score (nSPS) is 17.3. The van der Waals surface area contributed by atoms with Gasteiger partial charge in [-0.1, -0.05) is 0 Å². The van der Waals surface area contributed by atoms with Gasteiger partial charge in [-0.05, 0) is 18.1 Å². The van der Waals surface area contributed by atoms with Crippen LogP contribution in [0.1, 0.15) is 5.56 Å². The van der Waals surface area contributed by atoms with Crippen molar-refractivity contribution < 1.29 is 4.74 Å². The summed E-state index contributed by atoms with van der Waals surface area (Å²) in [7, 11) is 1.70. The standard InChI is InChI=1S/C12H19N3O/c1-16-12-10-14-4-2-11(12)3-7-15-8-5-13-6-9-15/h2,4,10,13H,3,5-9H2,1H3. The highest BCUT2D eigenvalue weighted by atomic mass is 16.5. The van der Waals surface area contributed by atoms with Crippen LogP contribution in [0.2, 0.25) is 0 Å². The number of nitrogens with one attached hydrogen (secondary N) is 1. The molecule has 4 nitrogen and oxygen atoms in total. The molecule has 1 aliphatic heterocycles. The summed E-state index contributed by atoms with van der Waals surface area (Å²) in [5.41, 5.74) is 1.25. The Hall–Kier alpha value is -1.13. The minimum Gasteiger partial charge on any atom is -0.495 e. The van der Waals surface area contributed by atoms with Crippen molar-refractivity contribution in [2.45, 2.75) is 6.42 Å². The van der Waals surface area contributed by atoms with Crippen molar-refractivity contribution in [3.8, 4) is 5.75 Å². The first-order valence-electron chi connectivity index (χ1n) is 5.80. The van der Waals surface area contributed by atoms with Gasteiger partial charge in [0.15, 0.2) is 0 Å². The van der Waals surface area contributed by atoms with Crippen LogP contribution < -0.4 is 10.1 Å². The molecule has 1 aromatic heterocycles. The van der Waals surface area contributed by atoms with Crippen LogP contribution in [0, 0.1) is 0 Å². The smallest absolute Gasteiger partial charge is 0.140 e. The molecule has 0 bridgehead atoms. The molecule has 1 aliphatic rings. The lowest BCUT2D eigenvalue weighted by Crippen LogP contribution is -2.44. The summed E-state index contributed by atoms with van der Waals surface area (Å²) >= 11 is 0. The SMILES string of the molecule is COc1cnccc1CCN1CCNCC1. The molecule has 0 spiro atoms.